The number of hydrogen-bond acceptors (Lipinski definition) is 4. The molecule has 0 saturated carbocycles. The zero-order valence-corrected chi connectivity index (χ0v) is 17.1. The average molecular weight is 474 g/mol. The smallest absolute Gasteiger partial charge is 0.322 e. The van der Waals surface area contributed by atoms with Gasteiger partial charge in [-0.1, -0.05) is 0 Å². The molecule has 0 saturated heterocycles. The second-order valence-corrected chi connectivity index (χ2v) is 8.17. The van der Waals surface area contributed by atoms with Crippen LogP contribution in [0.5, 0.6) is 0 Å². The minimum atomic E-state index is -3.25. The zero-order valence-electron chi connectivity index (χ0n) is 15.5. The average Bonchev–Trinajstić information content (AvgIpc) is 2.95. The summed E-state index contributed by atoms with van der Waals surface area (Å²) < 4.78 is 45.0. The van der Waals surface area contributed by atoms with Gasteiger partial charge in [0.1, 0.15) is 10.3 Å². The minimum Gasteiger partial charge on any atom is -0.393 e. The van der Waals surface area contributed by atoms with Gasteiger partial charge in [-0.25, -0.2) is 14.2 Å². The fourth-order valence-electron chi connectivity index (χ4n) is 3.91. The third-order valence-corrected chi connectivity index (χ3v) is 5.90. The van der Waals surface area contributed by atoms with Crippen LogP contribution in [0, 0.1) is 5.82 Å². The van der Waals surface area contributed by atoms with Gasteiger partial charge in [0, 0.05) is 37.2 Å². The van der Waals surface area contributed by atoms with Crippen LogP contribution in [0.25, 0.3) is 0 Å². The lowest BCUT2D eigenvalue weighted by Gasteiger charge is -2.33. The SMILES string of the molecule is C[C@@H]1Cc2nn3c(c2CN1C(=O)Nc1ccnc(Br)c1F)C(F)(F)CC(O)CC3. The molecule has 2 N–H and O–H groups in total. The molecule has 0 bridgehead atoms. The number of hydrogen-bond donors (Lipinski definition) is 2. The number of carbonyl (C=O) groups excluding carboxylic acids is 1. The number of pyridine rings is 1. The van der Waals surface area contributed by atoms with Crippen molar-refractivity contribution in [3.05, 3.63) is 39.6 Å². The van der Waals surface area contributed by atoms with Gasteiger partial charge in [-0.05, 0) is 35.3 Å². The highest BCUT2D eigenvalue weighted by atomic mass is 79.9. The van der Waals surface area contributed by atoms with Gasteiger partial charge in [-0.3, -0.25) is 4.68 Å². The van der Waals surface area contributed by atoms with Crippen LogP contribution in [0.1, 0.15) is 36.7 Å². The van der Waals surface area contributed by atoms with Crippen LogP contribution < -0.4 is 5.32 Å². The van der Waals surface area contributed by atoms with Crippen molar-refractivity contribution in [3.63, 3.8) is 0 Å². The molecule has 0 aliphatic carbocycles. The number of fused-ring (bicyclic) bond motifs is 3. The summed E-state index contributed by atoms with van der Waals surface area (Å²) in [5.74, 6) is -3.97. The Morgan fingerprint density at radius 2 is 2.21 bits per heavy atom. The number of aliphatic hydroxyl groups excluding tert-OH is 1. The number of aryl methyl sites for hydroxylation is 1. The summed E-state index contributed by atoms with van der Waals surface area (Å²) in [6.07, 6.45) is 0.0493. The normalized spacial score (nSPS) is 23.2. The number of halogens is 4. The first-order chi connectivity index (χ1) is 13.7. The summed E-state index contributed by atoms with van der Waals surface area (Å²) in [5, 5.41) is 16.6. The van der Waals surface area contributed by atoms with E-state index in [1.807, 2.05) is 0 Å². The highest BCUT2D eigenvalue weighted by Gasteiger charge is 2.45. The number of carbonyl (C=O) groups is 1. The molecular formula is C18H19BrF3N5O2. The Bertz CT molecular complexity index is 967. The number of amides is 2. The van der Waals surface area contributed by atoms with E-state index in [4.69, 9.17) is 0 Å². The number of anilines is 1. The fraction of sp³-hybridized carbons (Fsp3) is 0.500. The maximum Gasteiger partial charge on any atom is 0.322 e. The largest absolute Gasteiger partial charge is 0.393 e. The van der Waals surface area contributed by atoms with Gasteiger partial charge in [0.05, 0.1) is 24.0 Å². The molecule has 0 spiro atoms. The van der Waals surface area contributed by atoms with Crippen LogP contribution in [-0.2, 0) is 25.4 Å². The molecule has 2 atom stereocenters. The lowest BCUT2D eigenvalue weighted by atomic mass is 9.96. The van der Waals surface area contributed by atoms with Gasteiger partial charge in [-0.2, -0.15) is 13.9 Å². The maximum absolute atomic E-state index is 14.8. The predicted octanol–water partition coefficient (Wildman–Crippen LogP) is 3.40. The second-order valence-electron chi connectivity index (χ2n) is 7.42. The Kier molecular flexibility index (Phi) is 5.06. The molecule has 156 valence electrons. The van der Waals surface area contributed by atoms with Crippen molar-refractivity contribution in [3.8, 4) is 0 Å². The molecule has 2 aliphatic heterocycles. The molecule has 4 rings (SSSR count). The number of nitrogens with one attached hydrogen (secondary N) is 1. The first kappa shape index (κ1) is 20.1. The molecular weight excluding hydrogens is 455 g/mol. The third kappa shape index (κ3) is 3.61. The van der Waals surface area contributed by atoms with Gasteiger partial charge in [0.25, 0.3) is 5.92 Å². The molecule has 0 fully saturated rings. The fourth-order valence-corrected chi connectivity index (χ4v) is 4.24. The quantitative estimate of drug-likeness (QED) is 0.621. The summed E-state index contributed by atoms with van der Waals surface area (Å²) in [6, 6.07) is 0.408. The van der Waals surface area contributed by atoms with Gasteiger partial charge in [0.15, 0.2) is 5.82 Å². The van der Waals surface area contributed by atoms with E-state index in [1.165, 1.54) is 21.8 Å². The van der Waals surface area contributed by atoms with Crippen LogP contribution in [-0.4, -0.2) is 42.9 Å². The standard InChI is InChI=1S/C18H19BrF3N5O2/c1-9-6-13-11(15-18(21,22)7-10(28)3-5-27(15)25-13)8-26(9)17(29)24-12-2-4-23-16(19)14(12)20/h2,4,9-10,28H,3,5-8H2,1H3,(H,23,24,29)/t9-,10?/m1/s1. The highest BCUT2D eigenvalue weighted by molar-refractivity contribution is 9.10. The molecule has 0 aromatic carbocycles. The number of alkyl halides is 2. The van der Waals surface area contributed by atoms with Gasteiger partial charge in [0.2, 0.25) is 0 Å². The number of nitrogens with zero attached hydrogens (tertiary/aromatic N) is 4. The molecule has 2 aromatic rings. The molecule has 2 aliphatic rings. The van der Waals surface area contributed by atoms with Crippen molar-refractivity contribution in [1.29, 1.82) is 0 Å². The van der Waals surface area contributed by atoms with Crippen molar-refractivity contribution >= 4 is 27.6 Å². The van der Waals surface area contributed by atoms with Crippen molar-refractivity contribution in [2.45, 2.75) is 57.3 Å². The number of urea groups is 1. The Morgan fingerprint density at radius 1 is 1.45 bits per heavy atom. The predicted molar refractivity (Wildman–Crippen MR) is 101 cm³/mol. The van der Waals surface area contributed by atoms with E-state index < -0.39 is 30.3 Å². The molecule has 4 heterocycles. The van der Waals surface area contributed by atoms with Crippen molar-refractivity contribution in [1.82, 2.24) is 19.7 Å². The lowest BCUT2D eigenvalue weighted by Crippen LogP contribution is -2.45. The summed E-state index contributed by atoms with van der Waals surface area (Å²) in [6.45, 7) is 1.90. The van der Waals surface area contributed by atoms with Crippen molar-refractivity contribution in [2.24, 2.45) is 0 Å². The van der Waals surface area contributed by atoms with Crippen molar-refractivity contribution < 1.29 is 23.1 Å². The summed E-state index contributed by atoms with van der Waals surface area (Å²) in [4.78, 5) is 17.9. The third-order valence-electron chi connectivity index (χ3n) is 5.34. The maximum atomic E-state index is 14.8. The Hall–Kier alpha value is -2.14. The van der Waals surface area contributed by atoms with Crippen LogP contribution in [0.4, 0.5) is 23.7 Å². The number of rotatable bonds is 1. The van der Waals surface area contributed by atoms with E-state index >= 15 is 0 Å². The Morgan fingerprint density at radius 3 is 2.97 bits per heavy atom. The van der Waals surface area contributed by atoms with Gasteiger partial charge < -0.3 is 15.3 Å². The molecule has 29 heavy (non-hydrogen) atoms. The number of aliphatic hydroxyl groups is 1. The molecule has 11 heteroatoms. The van der Waals surface area contributed by atoms with E-state index in [2.05, 4.69) is 31.3 Å². The van der Waals surface area contributed by atoms with E-state index in [0.29, 0.717) is 17.7 Å². The second kappa shape index (κ2) is 7.28. The molecule has 7 nitrogen and oxygen atoms in total. The summed E-state index contributed by atoms with van der Waals surface area (Å²) in [5.41, 5.74) is 0.530. The molecule has 2 amide bonds. The van der Waals surface area contributed by atoms with Crippen LogP contribution in [0.2, 0.25) is 0 Å². The van der Waals surface area contributed by atoms with Crippen molar-refractivity contribution in [2.75, 3.05) is 5.32 Å². The van der Waals surface area contributed by atoms with Gasteiger partial charge >= 0.3 is 6.03 Å². The summed E-state index contributed by atoms with van der Waals surface area (Å²) >= 11 is 2.96. The first-order valence-electron chi connectivity index (χ1n) is 9.20. The Balaban J connectivity index is 1.64. The highest BCUT2D eigenvalue weighted by Crippen LogP contribution is 2.41. The van der Waals surface area contributed by atoms with Gasteiger partial charge in [-0.15, -0.1) is 0 Å². The number of aromatic nitrogens is 3. The Labute approximate surface area is 173 Å². The molecule has 0 radical (unpaired) electrons. The topological polar surface area (TPSA) is 83.3 Å². The van der Waals surface area contributed by atoms with E-state index in [-0.39, 0.29) is 41.5 Å². The minimum absolute atomic E-state index is 0.0376. The zero-order chi connectivity index (χ0) is 20.9. The lowest BCUT2D eigenvalue weighted by molar-refractivity contribution is -0.0509. The van der Waals surface area contributed by atoms with Crippen LogP contribution in [0.3, 0.4) is 0 Å². The monoisotopic (exact) mass is 473 g/mol. The molecule has 2 aromatic heterocycles. The molecule has 1 unspecified atom stereocenters. The van der Waals surface area contributed by atoms with Crippen LogP contribution in [0.15, 0.2) is 16.9 Å². The van der Waals surface area contributed by atoms with E-state index in [0.717, 1.165) is 0 Å². The van der Waals surface area contributed by atoms with E-state index in [1.54, 1.807) is 6.92 Å². The van der Waals surface area contributed by atoms with E-state index in [9.17, 15) is 23.1 Å². The summed E-state index contributed by atoms with van der Waals surface area (Å²) in [7, 11) is 0. The van der Waals surface area contributed by atoms with Crippen LogP contribution >= 0.6 is 15.9 Å². The first-order valence-corrected chi connectivity index (χ1v) is 9.99.